The van der Waals surface area contributed by atoms with Crippen LogP contribution in [-0.2, 0) is 9.59 Å². The molecule has 0 radical (unpaired) electrons. The highest BCUT2D eigenvalue weighted by molar-refractivity contribution is 7.80. The number of rotatable bonds is 3. The van der Waals surface area contributed by atoms with E-state index in [0.29, 0.717) is 5.76 Å². The molecule has 6 nitrogen and oxygen atoms in total. The Morgan fingerprint density at radius 2 is 1.96 bits per heavy atom. The molecule has 0 aromatic carbocycles. The van der Waals surface area contributed by atoms with Gasteiger partial charge in [0.1, 0.15) is 11.5 Å². The maximum absolute atomic E-state index is 11.9. The zero-order valence-electron chi connectivity index (χ0n) is 13.1. The molecule has 0 bridgehead atoms. The van der Waals surface area contributed by atoms with Gasteiger partial charge < -0.3 is 4.42 Å². The van der Waals surface area contributed by atoms with E-state index < -0.39 is 5.91 Å². The normalized spacial score (nSPS) is 15.3. The molecule has 0 spiro atoms. The number of thiocarbonyl (C=S) groups is 1. The first-order valence-electron chi connectivity index (χ1n) is 7.70. The summed E-state index contributed by atoms with van der Waals surface area (Å²) in [5.74, 6) is 0.901. The van der Waals surface area contributed by atoms with Crippen LogP contribution in [0.15, 0.2) is 22.6 Å². The molecule has 1 aromatic rings. The van der Waals surface area contributed by atoms with Crippen LogP contribution in [0.4, 0.5) is 0 Å². The zero-order valence-corrected chi connectivity index (χ0v) is 13.9. The van der Waals surface area contributed by atoms with Crippen molar-refractivity contribution in [2.75, 3.05) is 0 Å². The average molecular weight is 335 g/mol. The first-order valence-corrected chi connectivity index (χ1v) is 8.11. The number of carbonyl (C=O) groups is 2. The summed E-state index contributed by atoms with van der Waals surface area (Å²) < 4.78 is 5.31. The number of furan rings is 1. The molecule has 124 valence electrons. The number of hydrogen-bond acceptors (Lipinski definition) is 4. The van der Waals surface area contributed by atoms with E-state index in [-0.39, 0.29) is 16.9 Å². The number of amides is 2. The lowest BCUT2D eigenvalue weighted by Gasteiger charge is -2.21. The topological polar surface area (TPSA) is 83.4 Å². The smallest absolute Gasteiger partial charge is 0.250 e. The van der Waals surface area contributed by atoms with Gasteiger partial charge in [0.15, 0.2) is 5.11 Å². The van der Waals surface area contributed by atoms with E-state index in [0.717, 1.165) is 31.4 Å². The van der Waals surface area contributed by atoms with Crippen LogP contribution in [0, 0.1) is 12.8 Å². The molecule has 23 heavy (non-hydrogen) atoms. The van der Waals surface area contributed by atoms with Crippen LogP contribution < -0.4 is 16.2 Å². The molecule has 0 aliphatic heterocycles. The minimum Gasteiger partial charge on any atom is -0.462 e. The largest absolute Gasteiger partial charge is 0.462 e. The van der Waals surface area contributed by atoms with E-state index >= 15 is 0 Å². The third-order valence-corrected chi connectivity index (χ3v) is 3.88. The van der Waals surface area contributed by atoms with Gasteiger partial charge in [-0.3, -0.25) is 25.8 Å². The molecule has 1 aliphatic carbocycles. The number of aryl methyl sites for hydroxylation is 1. The van der Waals surface area contributed by atoms with E-state index in [9.17, 15) is 9.59 Å². The Bertz CT molecular complexity index is 603. The highest BCUT2D eigenvalue weighted by Crippen LogP contribution is 2.23. The van der Waals surface area contributed by atoms with Crippen molar-refractivity contribution in [3.8, 4) is 0 Å². The van der Waals surface area contributed by atoms with Gasteiger partial charge in [0.05, 0.1) is 0 Å². The fourth-order valence-corrected chi connectivity index (χ4v) is 2.62. The molecule has 1 fully saturated rings. The van der Waals surface area contributed by atoms with Crippen molar-refractivity contribution < 1.29 is 14.0 Å². The summed E-state index contributed by atoms with van der Waals surface area (Å²) in [6, 6.07) is 3.57. The molecule has 7 heteroatoms. The van der Waals surface area contributed by atoms with Gasteiger partial charge in [-0.15, -0.1) is 0 Å². The van der Waals surface area contributed by atoms with Crippen molar-refractivity contribution in [3.05, 3.63) is 29.7 Å². The highest BCUT2D eigenvalue weighted by atomic mass is 32.1. The molecular weight excluding hydrogens is 314 g/mol. The summed E-state index contributed by atoms with van der Waals surface area (Å²) in [6.45, 7) is 1.82. The Labute approximate surface area is 140 Å². The molecule has 2 amide bonds. The Kier molecular flexibility index (Phi) is 6.34. The minimum atomic E-state index is -0.400. The number of hydrazine groups is 1. The molecule has 0 saturated heterocycles. The van der Waals surface area contributed by atoms with Gasteiger partial charge in [0.25, 0.3) is 0 Å². The van der Waals surface area contributed by atoms with Gasteiger partial charge in [0.2, 0.25) is 11.8 Å². The molecule has 0 unspecified atom stereocenters. The van der Waals surface area contributed by atoms with Crippen LogP contribution in [-0.4, -0.2) is 16.9 Å². The summed E-state index contributed by atoms with van der Waals surface area (Å²) in [7, 11) is 0. The van der Waals surface area contributed by atoms with E-state index in [1.165, 1.54) is 12.5 Å². The summed E-state index contributed by atoms with van der Waals surface area (Å²) in [6.07, 6.45) is 8.01. The van der Waals surface area contributed by atoms with Crippen LogP contribution in [0.25, 0.3) is 6.08 Å². The zero-order chi connectivity index (χ0) is 16.7. The summed E-state index contributed by atoms with van der Waals surface area (Å²) in [4.78, 5) is 23.6. The van der Waals surface area contributed by atoms with Crippen molar-refractivity contribution in [3.63, 3.8) is 0 Å². The van der Waals surface area contributed by atoms with Crippen LogP contribution in [0.3, 0.4) is 0 Å². The van der Waals surface area contributed by atoms with Gasteiger partial charge in [-0.25, -0.2) is 0 Å². The predicted molar refractivity (Wildman–Crippen MR) is 91.1 cm³/mol. The third-order valence-electron chi connectivity index (χ3n) is 3.67. The quantitative estimate of drug-likeness (QED) is 0.448. The van der Waals surface area contributed by atoms with Gasteiger partial charge in [0, 0.05) is 12.0 Å². The Morgan fingerprint density at radius 3 is 2.61 bits per heavy atom. The second kappa shape index (κ2) is 8.47. The van der Waals surface area contributed by atoms with Crippen molar-refractivity contribution >= 4 is 35.2 Å². The molecule has 0 atom stereocenters. The summed E-state index contributed by atoms with van der Waals surface area (Å²) in [5.41, 5.74) is 5.10. The first-order chi connectivity index (χ1) is 11.0. The number of carbonyl (C=O) groups excluding carboxylic acids is 2. The molecule has 1 aliphatic rings. The Morgan fingerprint density at radius 1 is 1.22 bits per heavy atom. The molecule has 3 N–H and O–H groups in total. The second-order valence-electron chi connectivity index (χ2n) is 5.55. The third kappa shape index (κ3) is 5.86. The van der Waals surface area contributed by atoms with Crippen LogP contribution in [0.2, 0.25) is 0 Å². The fraction of sp³-hybridized carbons (Fsp3) is 0.438. The van der Waals surface area contributed by atoms with Gasteiger partial charge in [-0.2, -0.15) is 0 Å². The van der Waals surface area contributed by atoms with Crippen molar-refractivity contribution in [1.29, 1.82) is 0 Å². The maximum Gasteiger partial charge on any atom is 0.250 e. The average Bonchev–Trinajstić information content (AvgIpc) is 2.97. The minimum absolute atomic E-state index is 0.0249. The van der Waals surface area contributed by atoms with Gasteiger partial charge >= 0.3 is 0 Å². The standard InChI is InChI=1S/C16H21N3O3S/c1-11-7-8-13(22-11)9-10-14(20)17-16(23)19-18-15(21)12-5-3-2-4-6-12/h7-10,12H,2-6H2,1H3,(H,18,21)(H2,17,19,20,23). The predicted octanol–water partition coefficient (Wildman–Crippen LogP) is 2.20. The summed E-state index contributed by atoms with van der Waals surface area (Å²) >= 11 is 4.97. The van der Waals surface area contributed by atoms with Crippen molar-refractivity contribution in [1.82, 2.24) is 16.2 Å². The molecule has 1 saturated carbocycles. The number of hydrogen-bond donors (Lipinski definition) is 3. The highest BCUT2D eigenvalue weighted by Gasteiger charge is 2.20. The molecular formula is C16H21N3O3S. The van der Waals surface area contributed by atoms with Crippen molar-refractivity contribution in [2.24, 2.45) is 5.92 Å². The lowest BCUT2D eigenvalue weighted by molar-refractivity contribution is -0.126. The monoisotopic (exact) mass is 335 g/mol. The van der Waals surface area contributed by atoms with Gasteiger partial charge in [-0.1, -0.05) is 19.3 Å². The lowest BCUT2D eigenvalue weighted by atomic mass is 9.89. The van der Waals surface area contributed by atoms with Crippen LogP contribution in [0.5, 0.6) is 0 Å². The van der Waals surface area contributed by atoms with Gasteiger partial charge in [-0.05, 0) is 50.2 Å². The second-order valence-corrected chi connectivity index (χ2v) is 5.96. The Balaban J connectivity index is 1.70. The van der Waals surface area contributed by atoms with Crippen LogP contribution in [0.1, 0.15) is 43.6 Å². The van der Waals surface area contributed by atoms with E-state index in [1.54, 1.807) is 12.1 Å². The fourth-order valence-electron chi connectivity index (χ4n) is 2.47. The van der Waals surface area contributed by atoms with Crippen LogP contribution >= 0.6 is 12.2 Å². The summed E-state index contributed by atoms with van der Waals surface area (Å²) in [5, 5.41) is 2.51. The van der Waals surface area contributed by atoms with E-state index in [1.807, 2.05) is 13.0 Å². The number of nitrogens with one attached hydrogen (secondary N) is 3. The van der Waals surface area contributed by atoms with Crippen molar-refractivity contribution in [2.45, 2.75) is 39.0 Å². The lowest BCUT2D eigenvalue weighted by Crippen LogP contribution is -2.50. The maximum atomic E-state index is 11.9. The molecule has 2 rings (SSSR count). The van der Waals surface area contributed by atoms with E-state index in [2.05, 4.69) is 16.2 Å². The molecule has 1 aromatic heterocycles. The first kappa shape index (κ1) is 17.2. The van der Waals surface area contributed by atoms with E-state index in [4.69, 9.17) is 16.6 Å². The Hall–Kier alpha value is -2.15. The SMILES string of the molecule is Cc1ccc(C=CC(=O)NC(=S)NNC(=O)C2CCCCC2)o1. The molecule has 1 heterocycles.